The molecule has 0 saturated carbocycles. The maximum atomic E-state index is 12.2. The molecule has 0 fully saturated rings. The Hall–Kier alpha value is -1.54. The highest BCUT2D eigenvalue weighted by atomic mass is 32.2. The fourth-order valence-electron chi connectivity index (χ4n) is 2.30. The summed E-state index contributed by atoms with van der Waals surface area (Å²) >= 11 is 0. The first-order valence-electron chi connectivity index (χ1n) is 8.43. The van der Waals surface area contributed by atoms with Gasteiger partial charge in [0.2, 0.25) is 10.0 Å². The second-order valence-electron chi connectivity index (χ2n) is 5.48. The van der Waals surface area contributed by atoms with E-state index in [1.54, 1.807) is 0 Å². The number of aliphatic imine (C=N–C) groups is 1. The lowest BCUT2D eigenvalue weighted by molar-refractivity contribution is 0.440. The van der Waals surface area contributed by atoms with E-state index < -0.39 is 10.0 Å². The molecule has 0 aliphatic carbocycles. The van der Waals surface area contributed by atoms with Crippen LogP contribution in [0.1, 0.15) is 45.3 Å². The van der Waals surface area contributed by atoms with Gasteiger partial charge in [-0.1, -0.05) is 13.8 Å². The van der Waals surface area contributed by atoms with E-state index in [0.717, 1.165) is 11.5 Å². The second kappa shape index (κ2) is 9.68. The smallest absolute Gasteiger partial charge is 0.215 e. The van der Waals surface area contributed by atoms with E-state index in [1.807, 2.05) is 46.8 Å². The number of furan rings is 1. The van der Waals surface area contributed by atoms with Crippen LogP contribution in [0.5, 0.6) is 0 Å². The van der Waals surface area contributed by atoms with Gasteiger partial charge in [0, 0.05) is 19.6 Å². The predicted molar refractivity (Wildman–Crippen MR) is 97.7 cm³/mol. The number of nitrogens with one attached hydrogen (secondary N) is 2. The van der Waals surface area contributed by atoms with Crippen LogP contribution in [-0.2, 0) is 10.0 Å². The summed E-state index contributed by atoms with van der Waals surface area (Å²) in [5.41, 5.74) is 0. The molecule has 0 aliphatic heterocycles. The Morgan fingerprint density at radius 1 is 1.29 bits per heavy atom. The largest absolute Gasteiger partial charge is 0.464 e. The zero-order valence-corrected chi connectivity index (χ0v) is 16.1. The van der Waals surface area contributed by atoms with Crippen LogP contribution in [0.2, 0.25) is 0 Å². The molecule has 1 atom stereocenters. The topological polar surface area (TPSA) is 86.9 Å². The average Bonchev–Trinajstić information content (AvgIpc) is 2.94. The van der Waals surface area contributed by atoms with E-state index in [9.17, 15) is 8.42 Å². The Balaban J connectivity index is 2.68. The van der Waals surface area contributed by atoms with Gasteiger partial charge < -0.3 is 15.1 Å². The van der Waals surface area contributed by atoms with Crippen LogP contribution < -0.4 is 10.6 Å². The molecule has 1 unspecified atom stereocenters. The van der Waals surface area contributed by atoms with Crippen LogP contribution in [0.3, 0.4) is 0 Å². The zero-order chi connectivity index (χ0) is 18.2. The number of guanidine groups is 1. The average molecular weight is 359 g/mol. The van der Waals surface area contributed by atoms with Crippen molar-refractivity contribution in [2.24, 2.45) is 4.99 Å². The van der Waals surface area contributed by atoms with Crippen molar-refractivity contribution in [3.8, 4) is 0 Å². The lowest BCUT2D eigenvalue weighted by Gasteiger charge is -2.18. The maximum absolute atomic E-state index is 12.2. The van der Waals surface area contributed by atoms with E-state index in [2.05, 4.69) is 15.6 Å². The van der Waals surface area contributed by atoms with Crippen molar-refractivity contribution >= 4 is 16.0 Å². The van der Waals surface area contributed by atoms with Crippen LogP contribution in [0.15, 0.2) is 21.5 Å². The van der Waals surface area contributed by atoms with Gasteiger partial charge >= 0.3 is 0 Å². The first-order valence-corrected chi connectivity index (χ1v) is 10.0. The van der Waals surface area contributed by atoms with E-state index in [4.69, 9.17) is 4.42 Å². The zero-order valence-electron chi connectivity index (χ0n) is 15.3. The number of sulfonamides is 1. The van der Waals surface area contributed by atoms with Gasteiger partial charge in [-0.05, 0) is 32.9 Å². The van der Waals surface area contributed by atoms with Gasteiger partial charge in [-0.3, -0.25) is 4.99 Å². The van der Waals surface area contributed by atoms with E-state index in [1.165, 1.54) is 4.31 Å². The molecule has 1 aromatic rings. The molecule has 24 heavy (non-hydrogen) atoms. The molecule has 7 nitrogen and oxygen atoms in total. The highest BCUT2D eigenvalue weighted by Gasteiger charge is 2.18. The number of rotatable bonds is 9. The fourth-order valence-corrected chi connectivity index (χ4v) is 3.67. The SMILES string of the molecule is CCNC(=NCCS(=O)(=O)N(CC)CC)NC(C)c1ccc(C)o1. The molecule has 1 heterocycles. The Bertz CT molecular complexity index is 621. The van der Waals surface area contributed by atoms with Crippen LogP contribution in [0, 0.1) is 6.92 Å². The Morgan fingerprint density at radius 2 is 1.96 bits per heavy atom. The molecule has 0 spiro atoms. The quantitative estimate of drug-likeness (QED) is 0.520. The Kier molecular flexibility index (Phi) is 8.27. The van der Waals surface area contributed by atoms with Crippen molar-refractivity contribution in [2.75, 3.05) is 31.9 Å². The maximum Gasteiger partial charge on any atom is 0.215 e. The molecule has 0 aliphatic rings. The Labute approximate surface area is 145 Å². The summed E-state index contributed by atoms with van der Waals surface area (Å²) in [6, 6.07) is 3.77. The second-order valence-corrected chi connectivity index (χ2v) is 7.56. The first-order chi connectivity index (χ1) is 11.3. The monoisotopic (exact) mass is 358 g/mol. The molecule has 138 valence electrons. The van der Waals surface area contributed by atoms with Gasteiger partial charge in [0.25, 0.3) is 0 Å². The summed E-state index contributed by atoms with van der Waals surface area (Å²) in [5.74, 6) is 2.24. The van der Waals surface area contributed by atoms with Crippen LogP contribution in [0.25, 0.3) is 0 Å². The molecular formula is C16H30N4O3S. The minimum absolute atomic E-state index is 0.000501. The standard InChI is InChI=1S/C16H30N4O3S/c1-6-17-16(19-14(5)15-10-9-13(4)23-15)18-11-12-24(21,22)20(7-2)8-3/h9-10,14H,6-8,11-12H2,1-5H3,(H2,17,18,19). The van der Waals surface area contributed by atoms with Crippen LogP contribution >= 0.6 is 0 Å². The van der Waals surface area contributed by atoms with Crippen molar-refractivity contribution in [1.82, 2.24) is 14.9 Å². The van der Waals surface area contributed by atoms with E-state index in [-0.39, 0.29) is 18.3 Å². The highest BCUT2D eigenvalue weighted by molar-refractivity contribution is 7.89. The summed E-state index contributed by atoms with van der Waals surface area (Å²) in [6.07, 6.45) is 0. The molecule has 0 bridgehead atoms. The third kappa shape index (κ3) is 6.16. The van der Waals surface area contributed by atoms with E-state index in [0.29, 0.717) is 25.6 Å². The first kappa shape index (κ1) is 20.5. The third-order valence-electron chi connectivity index (χ3n) is 3.60. The molecule has 8 heteroatoms. The molecule has 2 N–H and O–H groups in total. The highest BCUT2D eigenvalue weighted by Crippen LogP contribution is 2.15. The van der Waals surface area contributed by atoms with Gasteiger partial charge in [-0.2, -0.15) is 0 Å². The lowest BCUT2D eigenvalue weighted by atomic mass is 10.2. The van der Waals surface area contributed by atoms with Crippen molar-refractivity contribution in [2.45, 2.75) is 40.7 Å². The van der Waals surface area contributed by atoms with Crippen molar-refractivity contribution < 1.29 is 12.8 Å². The minimum Gasteiger partial charge on any atom is -0.464 e. The fraction of sp³-hybridized carbons (Fsp3) is 0.688. The van der Waals surface area contributed by atoms with Gasteiger partial charge in [-0.15, -0.1) is 0 Å². The summed E-state index contributed by atoms with van der Waals surface area (Å²) in [6.45, 7) is 11.4. The number of hydrogen-bond acceptors (Lipinski definition) is 4. The molecule has 0 aromatic carbocycles. The number of aryl methyl sites for hydroxylation is 1. The van der Waals surface area contributed by atoms with Gasteiger partial charge in [0.1, 0.15) is 11.5 Å². The predicted octanol–water partition coefficient (Wildman–Crippen LogP) is 1.88. The normalized spacial score (nSPS) is 14.0. The number of nitrogens with zero attached hydrogens (tertiary/aromatic N) is 2. The Morgan fingerprint density at radius 3 is 2.46 bits per heavy atom. The van der Waals surface area contributed by atoms with Crippen LogP contribution in [0.4, 0.5) is 0 Å². The molecule has 0 amide bonds. The summed E-state index contributed by atoms with van der Waals surface area (Å²) in [7, 11) is -3.26. The molecule has 1 aromatic heterocycles. The summed E-state index contributed by atoms with van der Waals surface area (Å²) in [5, 5.41) is 6.35. The van der Waals surface area contributed by atoms with E-state index >= 15 is 0 Å². The molecule has 0 radical (unpaired) electrons. The van der Waals surface area contributed by atoms with Crippen molar-refractivity contribution in [3.05, 3.63) is 23.7 Å². The van der Waals surface area contributed by atoms with Crippen molar-refractivity contribution in [1.29, 1.82) is 0 Å². The molecule has 1 rings (SSSR count). The minimum atomic E-state index is -3.26. The molecular weight excluding hydrogens is 328 g/mol. The van der Waals surface area contributed by atoms with Gasteiger partial charge in [0.15, 0.2) is 5.96 Å². The van der Waals surface area contributed by atoms with Gasteiger partial charge in [0.05, 0.1) is 18.3 Å². The van der Waals surface area contributed by atoms with Crippen LogP contribution in [-0.4, -0.2) is 50.6 Å². The third-order valence-corrected chi connectivity index (χ3v) is 5.60. The van der Waals surface area contributed by atoms with Gasteiger partial charge in [-0.25, -0.2) is 12.7 Å². The molecule has 0 saturated heterocycles. The lowest BCUT2D eigenvalue weighted by Crippen LogP contribution is -2.39. The summed E-state index contributed by atoms with van der Waals surface area (Å²) in [4.78, 5) is 4.37. The van der Waals surface area contributed by atoms with Crippen molar-refractivity contribution in [3.63, 3.8) is 0 Å². The number of hydrogen-bond donors (Lipinski definition) is 2. The summed E-state index contributed by atoms with van der Waals surface area (Å²) < 4.78 is 31.4.